The molecule has 0 unspecified atom stereocenters. The molecule has 0 radical (unpaired) electrons. The molecular formula is C20H28N2O2S. The molecule has 136 valence electrons. The first-order valence-corrected chi connectivity index (χ1v) is 9.83. The van der Waals surface area contributed by atoms with Gasteiger partial charge in [-0.15, -0.1) is 11.3 Å². The van der Waals surface area contributed by atoms with E-state index in [4.69, 9.17) is 4.74 Å². The quantitative estimate of drug-likeness (QED) is 0.636. The first-order valence-electron chi connectivity index (χ1n) is 8.95. The van der Waals surface area contributed by atoms with Crippen LogP contribution in [0.5, 0.6) is 5.75 Å². The Balaban J connectivity index is 1.53. The van der Waals surface area contributed by atoms with E-state index in [-0.39, 0.29) is 5.91 Å². The van der Waals surface area contributed by atoms with Gasteiger partial charge in [-0.05, 0) is 49.8 Å². The average molecular weight is 361 g/mol. The van der Waals surface area contributed by atoms with E-state index in [0.717, 1.165) is 30.7 Å². The Morgan fingerprint density at radius 3 is 2.64 bits per heavy atom. The maximum Gasteiger partial charge on any atom is 0.223 e. The molecule has 5 heteroatoms. The molecule has 1 amide bonds. The van der Waals surface area contributed by atoms with Crippen molar-refractivity contribution in [1.82, 2.24) is 10.3 Å². The summed E-state index contributed by atoms with van der Waals surface area (Å²) in [5.74, 6) is 1.37. The van der Waals surface area contributed by atoms with E-state index in [9.17, 15) is 4.79 Å². The van der Waals surface area contributed by atoms with Gasteiger partial charge in [0.25, 0.3) is 0 Å². The molecule has 1 aromatic carbocycles. The van der Waals surface area contributed by atoms with Crippen molar-refractivity contribution in [2.45, 2.75) is 52.4 Å². The molecule has 0 bridgehead atoms. The molecule has 25 heavy (non-hydrogen) atoms. The Labute approximate surface area is 154 Å². The summed E-state index contributed by atoms with van der Waals surface area (Å²) in [4.78, 5) is 16.3. The van der Waals surface area contributed by atoms with Crippen LogP contribution in [0, 0.1) is 6.92 Å². The minimum Gasteiger partial charge on any atom is -0.493 e. The van der Waals surface area contributed by atoms with Crippen LogP contribution >= 0.6 is 11.3 Å². The number of nitrogens with one attached hydrogen (secondary N) is 1. The second-order valence-electron chi connectivity index (χ2n) is 6.51. The minimum absolute atomic E-state index is 0.0453. The van der Waals surface area contributed by atoms with Gasteiger partial charge in [0.15, 0.2) is 0 Å². The molecule has 0 saturated heterocycles. The fourth-order valence-electron chi connectivity index (χ4n) is 2.45. The number of amides is 1. The topological polar surface area (TPSA) is 51.2 Å². The monoisotopic (exact) mass is 360 g/mol. The first kappa shape index (κ1) is 19.4. The van der Waals surface area contributed by atoms with Gasteiger partial charge in [0.2, 0.25) is 5.91 Å². The number of unbranched alkanes of at least 4 members (excludes halogenated alkanes) is 1. The summed E-state index contributed by atoms with van der Waals surface area (Å²) >= 11 is 1.71. The third-order valence-corrected chi connectivity index (χ3v) is 4.98. The molecule has 2 rings (SSSR count). The SMILES string of the molecule is Cc1csc(CCCCNC(=O)CCOc2ccc(C(C)C)cc2)n1. The van der Waals surface area contributed by atoms with Gasteiger partial charge in [-0.2, -0.15) is 0 Å². The van der Waals surface area contributed by atoms with Gasteiger partial charge in [-0.3, -0.25) is 4.79 Å². The van der Waals surface area contributed by atoms with Crippen molar-refractivity contribution < 1.29 is 9.53 Å². The highest BCUT2D eigenvalue weighted by molar-refractivity contribution is 7.09. The maximum atomic E-state index is 11.8. The normalized spacial score (nSPS) is 10.9. The van der Waals surface area contributed by atoms with Crippen LogP contribution in [0.4, 0.5) is 0 Å². The van der Waals surface area contributed by atoms with Crippen molar-refractivity contribution in [2.75, 3.05) is 13.2 Å². The van der Waals surface area contributed by atoms with E-state index < -0.39 is 0 Å². The Hall–Kier alpha value is -1.88. The standard InChI is InChI=1S/C20H28N2O2S/c1-15(2)17-7-9-18(10-8-17)24-13-11-19(23)21-12-5-4-6-20-22-16(3)14-25-20/h7-10,14-15H,4-6,11-13H2,1-3H3,(H,21,23). The summed E-state index contributed by atoms with van der Waals surface area (Å²) in [5, 5.41) is 6.21. The van der Waals surface area contributed by atoms with Crippen molar-refractivity contribution in [3.63, 3.8) is 0 Å². The van der Waals surface area contributed by atoms with Crippen molar-refractivity contribution in [2.24, 2.45) is 0 Å². The fraction of sp³-hybridized carbons (Fsp3) is 0.500. The predicted octanol–water partition coefficient (Wildman–Crippen LogP) is 4.48. The van der Waals surface area contributed by atoms with Gasteiger partial charge in [-0.25, -0.2) is 4.98 Å². The Morgan fingerprint density at radius 1 is 1.24 bits per heavy atom. The van der Waals surface area contributed by atoms with Crippen LogP contribution in [-0.4, -0.2) is 24.0 Å². The van der Waals surface area contributed by atoms with Crippen molar-refractivity contribution >= 4 is 17.2 Å². The van der Waals surface area contributed by atoms with E-state index in [1.54, 1.807) is 11.3 Å². The van der Waals surface area contributed by atoms with Crippen molar-refractivity contribution in [3.8, 4) is 5.75 Å². The van der Waals surface area contributed by atoms with E-state index >= 15 is 0 Å². The number of hydrogen-bond acceptors (Lipinski definition) is 4. The van der Waals surface area contributed by atoms with Crippen LogP contribution in [-0.2, 0) is 11.2 Å². The lowest BCUT2D eigenvalue weighted by atomic mass is 10.0. The number of aryl methyl sites for hydroxylation is 2. The first-order chi connectivity index (χ1) is 12.0. The van der Waals surface area contributed by atoms with Gasteiger partial charge in [-0.1, -0.05) is 26.0 Å². The van der Waals surface area contributed by atoms with E-state index in [1.165, 1.54) is 10.6 Å². The lowest BCUT2D eigenvalue weighted by Crippen LogP contribution is -2.25. The van der Waals surface area contributed by atoms with Crippen LogP contribution in [0.1, 0.15) is 55.3 Å². The number of rotatable bonds is 10. The summed E-state index contributed by atoms with van der Waals surface area (Å²) in [6, 6.07) is 8.08. The number of carbonyl (C=O) groups excluding carboxylic acids is 1. The summed E-state index contributed by atoms with van der Waals surface area (Å²) in [7, 11) is 0. The lowest BCUT2D eigenvalue weighted by molar-refractivity contribution is -0.121. The Bertz CT molecular complexity index is 650. The van der Waals surface area contributed by atoms with Crippen LogP contribution in [0.2, 0.25) is 0 Å². The highest BCUT2D eigenvalue weighted by Crippen LogP contribution is 2.18. The zero-order chi connectivity index (χ0) is 18.1. The summed E-state index contributed by atoms with van der Waals surface area (Å²) in [6.07, 6.45) is 3.40. The lowest BCUT2D eigenvalue weighted by Gasteiger charge is -2.09. The third kappa shape index (κ3) is 7.26. The van der Waals surface area contributed by atoms with Crippen LogP contribution in [0.15, 0.2) is 29.6 Å². The molecule has 0 saturated carbocycles. The number of ether oxygens (including phenoxy) is 1. The number of carbonyl (C=O) groups is 1. The Morgan fingerprint density at radius 2 is 2.00 bits per heavy atom. The molecule has 0 aliphatic carbocycles. The number of benzene rings is 1. The average Bonchev–Trinajstić information content (AvgIpc) is 3.00. The third-order valence-electron chi connectivity index (χ3n) is 3.95. The Kier molecular flexibility index (Phi) is 7.92. The minimum atomic E-state index is 0.0453. The zero-order valence-corrected chi connectivity index (χ0v) is 16.2. The van der Waals surface area contributed by atoms with Crippen LogP contribution in [0.3, 0.4) is 0 Å². The van der Waals surface area contributed by atoms with Crippen molar-refractivity contribution in [1.29, 1.82) is 0 Å². The van der Waals surface area contributed by atoms with Crippen LogP contribution < -0.4 is 10.1 Å². The van der Waals surface area contributed by atoms with Crippen LogP contribution in [0.25, 0.3) is 0 Å². The number of thiazole rings is 1. The molecule has 1 aromatic heterocycles. The highest BCUT2D eigenvalue weighted by atomic mass is 32.1. The molecule has 1 N–H and O–H groups in total. The largest absolute Gasteiger partial charge is 0.493 e. The summed E-state index contributed by atoms with van der Waals surface area (Å²) in [6.45, 7) is 7.47. The maximum absolute atomic E-state index is 11.8. The zero-order valence-electron chi connectivity index (χ0n) is 15.4. The molecule has 1 heterocycles. The summed E-state index contributed by atoms with van der Waals surface area (Å²) < 4.78 is 5.63. The number of nitrogens with zero attached hydrogens (tertiary/aromatic N) is 1. The second kappa shape index (κ2) is 10.2. The van der Waals surface area contributed by atoms with E-state index in [1.807, 2.05) is 19.1 Å². The second-order valence-corrected chi connectivity index (χ2v) is 7.45. The molecule has 4 nitrogen and oxygen atoms in total. The highest BCUT2D eigenvalue weighted by Gasteiger charge is 2.04. The molecule has 0 spiro atoms. The van der Waals surface area contributed by atoms with Crippen molar-refractivity contribution in [3.05, 3.63) is 45.9 Å². The molecule has 0 atom stereocenters. The molecule has 0 fully saturated rings. The van der Waals surface area contributed by atoms with E-state index in [0.29, 0.717) is 25.5 Å². The number of hydrogen-bond donors (Lipinski definition) is 1. The molecule has 0 aliphatic rings. The number of aromatic nitrogens is 1. The van der Waals surface area contributed by atoms with Gasteiger partial charge < -0.3 is 10.1 Å². The predicted molar refractivity (Wildman–Crippen MR) is 103 cm³/mol. The van der Waals surface area contributed by atoms with Gasteiger partial charge >= 0.3 is 0 Å². The smallest absolute Gasteiger partial charge is 0.223 e. The van der Waals surface area contributed by atoms with Gasteiger partial charge in [0.05, 0.1) is 18.0 Å². The summed E-state index contributed by atoms with van der Waals surface area (Å²) in [5.41, 5.74) is 2.38. The fourth-order valence-corrected chi connectivity index (χ4v) is 3.26. The van der Waals surface area contributed by atoms with Gasteiger partial charge in [0, 0.05) is 17.6 Å². The molecular weight excluding hydrogens is 332 g/mol. The van der Waals surface area contributed by atoms with Gasteiger partial charge in [0.1, 0.15) is 5.75 Å². The molecule has 0 aliphatic heterocycles. The van der Waals surface area contributed by atoms with E-state index in [2.05, 4.69) is 41.7 Å². The molecule has 2 aromatic rings.